The molecular formula is C22H27N3O2. The van der Waals surface area contributed by atoms with Crippen LogP contribution in [0.3, 0.4) is 0 Å². The van der Waals surface area contributed by atoms with Crippen LogP contribution in [-0.4, -0.2) is 29.2 Å². The second-order valence-corrected chi connectivity index (χ2v) is 7.72. The van der Waals surface area contributed by atoms with Crippen LogP contribution in [0.4, 0.5) is 0 Å². The van der Waals surface area contributed by atoms with Gasteiger partial charge in [0, 0.05) is 28.9 Å². The topological polar surface area (TPSA) is 70.3 Å². The van der Waals surface area contributed by atoms with Crippen molar-refractivity contribution in [1.29, 1.82) is 0 Å². The Morgan fingerprint density at radius 3 is 2.67 bits per heavy atom. The highest BCUT2D eigenvalue weighted by Gasteiger charge is 2.17. The molecule has 3 aromatic rings. The van der Waals surface area contributed by atoms with Crippen molar-refractivity contribution in [3.8, 4) is 22.8 Å². The highest BCUT2D eigenvalue weighted by atomic mass is 16.5. The van der Waals surface area contributed by atoms with Crippen molar-refractivity contribution in [3.05, 3.63) is 48.8 Å². The van der Waals surface area contributed by atoms with Gasteiger partial charge >= 0.3 is 0 Å². The van der Waals surface area contributed by atoms with Crippen LogP contribution in [0, 0.1) is 5.92 Å². The molecule has 27 heavy (non-hydrogen) atoms. The third kappa shape index (κ3) is 4.74. The molecule has 2 heterocycles. The number of methoxy groups -OCH3 is 1. The van der Waals surface area contributed by atoms with Crippen LogP contribution in [0.15, 0.2) is 48.8 Å². The number of nitrogens with zero attached hydrogens (tertiary/aromatic N) is 2. The lowest BCUT2D eigenvalue weighted by Gasteiger charge is -2.23. The number of rotatable bonds is 7. The second kappa shape index (κ2) is 7.92. The molecule has 3 rings (SSSR count). The summed E-state index contributed by atoms with van der Waals surface area (Å²) < 4.78 is 11.4. The van der Waals surface area contributed by atoms with Gasteiger partial charge in [0.15, 0.2) is 5.75 Å². The van der Waals surface area contributed by atoms with Crippen LogP contribution >= 0.6 is 0 Å². The molecule has 142 valence electrons. The minimum Gasteiger partial charge on any atom is -0.491 e. The zero-order valence-corrected chi connectivity index (χ0v) is 16.4. The molecule has 0 saturated heterocycles. The maximum atomic E-state index is 6.09. The summed E-state index contributed by atoms with van der Waals surface area (Å²) in [6, 6.07) is 12.0. The number of aromatic nitrogens is 2. The molecule has 0 aliphatic rings. The standard InChI is InChI=1S/C22H27N3O2/c1-15(12-22(2,3)23)14-27-21-20(26-4)11-16(13-25-21)17-9-10-24-19-8-6-5-7-18(17)19/h5-11,13,15H,12,14,23H2,1-4H3/t15-/m0/s1. The summed E-state index contributed by atoms with van der Waals surface area (Å²) in [7, 11) is 1.63. The molecule has 1 atom stereocenters. The predicted octanol–water partition coefficient (Wildman–Crippen LogP) is 4.45. The summed E-state index contributed by atoms with van der Waals surface area (Å²) in [6.07, 6.45) is 4.50. The van der Waals surface area contributed by atoms with Crippen molar-refractivity contribution in [1.82, 2.24) is 9.97 Å². The molecule has 0 amide bonds. The molecule has 0 saturated carbocycles. The van der Waals surface area contributed by atoms with E-state index in [0.29, 0.717) is 24.2 Å². The number of hydrogen-bond donors (Lipinski definition) is 1. The Labute approximate surface area is 160 Å². The zero-order chi connectivity index (χ0) is 19.4. The highest BCUT2D eigenvalue weighted by Crippen LogP contribution is 2.33. The Balaban J connectivity index is 1.84. The summed E-state index contributed by atoms with van der Waals surface area (Å²) in [5.41, 5.74) is 8.86. The number of benzene rings is 1. The van der Waals surface area contributed by atoms with Crippen LogP contribution in [-0.2, 0) is 0 Å². The lowest BCUT2D eigenvalue weighted by molar-refractivity contribution is 0.214. The zero-order valence-electron chi connectivity index (χ0n) is 16.4. The minimum atomic E-state index is -0.216. The first-order valence-electron chi connectivity index (χ1n) is 9.17. The maximum absolute atomic E-state index is 6.09. The SMILES string of the molecule is COc1cc(-c2ccnc3ccccc23)cnc1OC[C@@H](C)CC(C)(C)N. The summed E-state index contributed by atoms with van der Waals surface area (Å²) in [6.45, 7) is 6.71. The molecule has 0 spiro atoms. The molecule has 2 N–H and O–H groups in total. The van der Waals surface area contributed by atoms with Gasteiger partial charge in [0.25, 0.3) is 5.88 Å². The van der Waals surface area contributed by atoms with Crippen molar-refractivity contribution < 1.29 is 9.47 Å². The Morgan fingerprint density at radius 2 is 1.93 bits per heavy atom. The van der Waals surface area contributed by atoms with Crippen molar-refractivity contribution in [2.75, 3.05) is 13.7 Å². The Hall–Kier alpha value is -2.66. The number of pyridine rings is 2. The third-order valence-corrected chi connectivity index (χ3v) is 4.38. The van der Waals surface area contributed by atoms with Gasteiger partial charge in [-0.05, 0) is 49.9 Å². The van der Waals surface area contributed by atoms with E-state index in [1.807, 2.05) is 56.6 Å². The first-order chi connectivity index (χ1) is 12.9. The van der Waals surface area contributed by atoms with E-state index in [2.05, 4.69) is 23.0 Å². The molecule has 5 heteroatoms. The number of nitrogens with two attached hydrogens (primary N) is 1. The van der Waals surface area contributed by atoms with Gasteiger partial charge in [-0.3, -0.25) is 4.98 Å². The third-order valence-electron chi connectivity index (χ3n) is 4.38. The van der Waals surface area contributed by atoms with Gasteiger partial charge < -0.3 is 15.2 Å². The monoisotopic (exact) mass is 365 g/mol. The van der Waals surface area contributed by atoms with Gasteiger partial charge in [0.2, 0.25) is 0 Å². The van der Waals surface area contributed by atoms with Gasteiger partial charge in [-0.2, -0.15) is 0 Å². The lowest BCUT2D eigenvalue weighted by Crippen LogP contribution is -2.35. The molecule has 0 aliphatic carbocycles. The van der Waals surface area contributed by atoms with E-state index in [9.17, 15) is 0 Å². The number of ether oxygens (including phenoxy) is 2. The average molecular weight is 365 g/mol. The molecule has 0 unspecified atom stereocenters. The first kappa shape index (κ1) is 19.1. The largest absolute Gasteiger partial charge is 0.491 e. The van der Waals surface area contributed by atoms with Crippen molar-refractivity contribution >= 4 is 10.9 Å². The summed E-state index contributed by atoms with van der Waals surface area (Å²) in [5.74, 6) is 1.44. The van der Waals surface area contributed by atoms with Crippen LogP contribution < -0.4 is 15.2 Å². The number of hydrogen-bond acceptors (Lipinski definition) is 5. The molecule has 2 aromatic heterocycles. The Morgan fingerprint density at radius 1 is 1.15 bits per heavy atom. The van der Waals surface area contributed by atoms with E-state index in [-0.39, 0.29) is 5.54 Å². The molecular weight excluding hydrogens is 338 g/mol. The molecule has 0 aliphatic heterocycles. The van der Waals surface area contributed by atoms with E-state index in [0.717, 1.165) is 28.5 Å². The normalized spacial score (nSPS) is 12.8. The second-order valence-electron chi connectivity index (χ2n) is 7.72. The average Bonchev–Trinajstić information content (AvgIpc) is 2.64. The Kier molecular flexibility index (Phi) is 5.61. The summed E-state index contributed by atoms with van der Waals surface area (Å²) in [5, 5.41) is 1.08. The molecule has 1 aromatic carbocycles. The van der Waals surface area contributed by atoms with Gasteiger partial charge in [-0.25, -0.2) is 4.98 Å². The highest BCUT2D eigenvalue weighted by molar-refractivity contribution is 5.94. The van der Waals surface area contributed by atoms with E-state index in [1.165, 1.54) is 0 Å². The molecule has 5 nitrogen and oxygen atoms in total. The predicted molar refractivity (Wildman–Crippen MR) is 109 cm³/mol. The van der Waals surface area contributed by atoms with Gasteiger partial charge in [-0.1, -0.05) is 25.1 Å². The molecule has 0 fully saturated rings. The van der Waals surface area contributed by atoms with E-state index in [4.69, 9.17) is 15.2 Å². The van der Waals surface area contributed by atoms with Crippen molar-refractivity contribution in [3.63, 3.8) is 0 Å². The van der Waals surface area contributed by atoms with E-state index >= 15 is 0 Å². The fourth-order valence-electron chi connectivity index (χ4n) is 3.36. The molecule has 0 bridgehead atoms. The lowest BCUT2D eigenvalue weighted by atomic mass is 9.93. The van der Waals surface area contributed by atoms with Crippen LogP contribution in [0.2, 0.25) is 0 Å². The first-order valence-corrected chi connectivity index (χ1v) is 9.17. The quantitative estimate of drug-likeness (QED) is 0.670. The van der Waals surface area contributed by atoms with Crippen LogP contribution in [0.1, 0.15) is 27.2 Å². The van der Waals surface area contributed by atoms with E-state index in [1.54, 1.807) is 7.11 Å². The Bertz CT molecular complexity index is 914. The number of para-hydroxylation sites is 1. The van der Waals surface area contributed by atoms with Crippen molar-refractivity contribution in [2.45, 2.75) is 32.7 Å². The summed E-state index contributed by atoms with van der Waals surface area (Å²) >= 11 is 0. The minimum absolute atomic E-state index is 0.216. The van der Waals surface area contributed by atoms with Gasteiger partial charge in [0.05, 0.1) is 19.2 Å². The smallest absolute Gasteiger partial charge is 0.257 e. The summed E-state index contributed by atoms with van der Waals surface area (Å²) in [4.78, 5) is 8.92. The fraction of sp³-hybridized carbons (Fsp3) is 0.364. The molecule has 0 radical (unpaired) electrons. The maximum Gasteiger partial charge on any atom is 0.257 e. The van der Waals surface area contributed by atoms with Gasteiger partial charge in [-0.15, -0.1) is 0 Å². The van der Waals surface area contributed by atoms with Crippen LogP contribution in [0.5, 0.6) is 11.6 Å². The van der Waals surface area contributed by atoms with Crippen LogP contribution in [0.25, 0.3) is 22.0 Å². The van der Waals surface area contributed by atoms with Gasteiger partial charge in [0.1, 0.15) is 0 Å². The van der Waals surface area contributed by atoms with E-state index < -0.39 is 0 Å². The number of fused-ring (bicyclic) bond motifs is 1. The van der Waals surface area contributed by atoms with Crippen molar-refractivity contribution in [2.24, 2.45) is 11.7 Å². The fourth-order valence-corrected chi connectivity index (χ4v) is 3.36.